The summed E-state index contributed by atoms with van der Waals surface area (Å²) in [4.78, 5) is 31.2. The summed E-state index contributed by atoms with van der Waals surface area (Å²) in [6.45, 7) is -0.472. The first-order valence-electron chi connectivity index (χ1n) is 13.2. The van der Waals surface area contributed by atoms with Gasteiger partial charge in [-0.15, -0.1) is 0 Å². The van der Waals surface area contributed by atoms with E-state index in [9.17, 15) is 23.1 Å². The topological polar surface area (TPSA) is 118 Å². The molecule has 218 valence electrons. The van der Waals surface area contributed by atoms with Gasteiger partial charge < -0.3 is 29.0 Å². The summed E-state index contributed by atoms with van der Waals surface area (Å²) in [6, 6.07) is 13.1. The summed E-state index contributed by atoms with van der Waals surface area (Å²) < 4.78 is 53.5. The zero-order valence-electron chi connectivity index (χ0n) is 22.7. The van der Waals surface area contributed by atoms with Gasteiger partial charge in [0.05, 0.1) is 60.4 Å². The summed E-state index contributed by atoms with van der Waals surface area (Å²) in [7, 11) is 2.92. The molecule has 10 nitrogen and oxygen atoms in total. The molecular formula is C29H27F3N6O4. The SMILES string of the molecule is COc1ccc2nc(C(F)(F)F)n(CC(=O)N3CCC(O)C[C@H]3c3ncc(-c4cc5ccccc5nc4OC)[nH]3)c2c1. The Labute approximate surface area is 237 Å². The van der Waals surface area contributed by atoms with Gasteiger partial charge in [0.2, 0.25) is 17.6 Å². The van der Waals surface area contributed by atoms with Gasteiger partial charge in [0.15, 0.2) is 0 Å². The van der Waals surface area contributed by atoms with Crippen molar-refractivity contribution < 1.29 is 32.5 Å². The number of ether oxygens (including phenoxy) is 2. The third-order valence-electron chi connectivity index (χ3n) is 7.48. The number of H-pyrrole nitrogens is 1. The van der Waals surface area contributed by atoms with Crippen molar-refractivity contribution in [1.29, 1.82) is 0 Å². The van der Waals surface area contributed by atoms with Crippen molar-refractivity contribution in [2.75, 3.05) is 20.8 Å². The molecule has 1 aliphatic rings. The fourth-order valence-electron chi connectivity index (χ4n) is 5.43. The number of hydrogen-bond acceptors (Lipinski definition) is 7. The number of aliphatic hydroxyl groups is 1. The van der Waals surface area contributed by atoms with Crippen molar-refractivity contribution in [1.82, 2.24) is 29.4 Å². The van der Waals surface area contributed by atoms with Gasteiger partial charge >= 0.3 is 6.18 Å². The number of carbonyl (C=O) groups is 1. The number of imidazole rings is 2. The maximum absolute atomic E-state index is 14.0. The highest BCUT2D eigenvalue weighted by Crippen LogP contribution is 2.36. The molecule has 4 heterocycles. The summed E-state index contributed by atoms with van der Waals surface area (Å²) >= 11 is 0. The number of fused-ring (bicyclic) bond motifs is 2. The quantitative estimate of drug-likeness (QED) is 0.298. The van der Waals surface area contributed by atoms with Gasteiger partial charge in [-0.25, -0.2) is 15.0 Å². The second kappa shape index (κ2) is 10.6. The maximum Gasteiger partial charge on any atom is 0.449 e. The van der Waals surface area contributed by atoms with Gasteiger partial charge in [0.1, 0.15) is 18.1 Å². The van der Waals surface area contributed by atoms with Gasteiger partial charge in [0.25, 0.3) is 0 Å². The highest BCUT2D eigenvalue weighted by molar-refractivity contribution is 5.85. The number of piperidine rings is 1. The molecule has 1 amide bonds. The zero-order chi connectivity index (χ0) is 29.6. The van der Waals surface area contributed by atoms with E-state index in [0.717, 1.165) is 15.5 Å². The lowest BCUT2D eigenvalue weighted by Gasteiger charge is -2.37. The van der Waals surface area contributed by atoms with E-state index >= 15 is 0 Å². The monoisotopic (exact) mass is 580 g/mol. The first kappa shape index (κ1) is 27.5. The predicted octanol–water partition coefficient (Wildman–Crippen LogP) is 4.74. The average molecular weight is 581 g/mol. The number of nitrogens with one attached hydrogen (secondary N) is 1. The van der Waals surface area contributed by atoms with Crippen LogP contribution in [0.3, 0.4) is 0 Å². The highest BCUT2D eigenvalue weighted by Gasteiger charge is 2.40. The molecule has 13 heteroatoms. The van der Waals surface area contributed by atoms with Crippen LogP contribution in [-0.2, 0) is 17.5 Å². The molecule has 0 radical (unpaired) electrons. The number of aromatic amines is 1. The Kier molecular flexibility index (Phi) is 6.97. The first-order chi connectivity index (χ1) is 20.2. The Hall–Kier alpha value is -4.65. The molecule has 42 heavy (non-hydrogen) atoms. The standard InChI is InChI=1S/C29H27F3N6O4/c1-41-18-7-8-21-23(13-18)38(28(36-21)29(30,31)32)15-25(40)37-10-9-17(39)12-24(37)26-33-14-22(34-26)19-11-16-5-3-4-6-20(16)35-27(19)42-2/h3-8,11,13-14,17,24,39H,9-10,12,15H2,1-2H3,(H,33,34)/t17?,24-/m0/s1. The number of hydrogen-bond donors (Lipinski definition) is 2. The molecule has 5 aromatic rings. The van der Waals surface area contributed by atoms with Crippen LogP contribution in [0.25, 0.3) is 33.2 Å². The second-order valence-corrected chi connectivity index (χ2v) is 10.1. The van der Waals surface area contributed by atoms with Crippen molar-refractivity contribution in [2.45, 2.75) is 37.7 Å². The van der Waals surface area contributed by atoms with Crippen LogP contribution >= 0.6 is 0 Å². The van der Waals surface area contributed by atoms with E-state index in [1.807, 2.05) is 30.3 Å². The van der Waals surface area contributed by atoms with Crippen LogP contribution in [0.4, 0.5) is 13.2 Å². The van der Waals surface area contributed by atoms with E-state index in [-0.39, 0.29) is 30.4 Å². The number of methoxy groups -OCH3 is 2. The lowest BCUT2D eigenvalue weighted by Crippen LogP contribution is -2.44. The molecule has 2 atom stereocenters. The van der Waals surface area contributed by atoms with Gasteiger partial charge in [0, 0.05) is 24.4 Å². The smallest absolute Gasteiger partial charge is 0.449 e. The van der Waals surface area contributed by atoms with Gasteiger partial charge in [-0.2, -0.15) is 13.2 Å². The van der Waals surface area contributed by atoms with Crippen LogP contribution in [0.5, 0.6) is 11.6 Å². The number of para-hydroxylation sites is 1. The number of pyridine rings is 1. The molecule has 2 N–H and O–H groups in total. The van der Waals surface area contributed by atoms with Crippen LogP contribution in [0.1, 0.15) is 30.5 Å². The Morgan fingerprint density at radius 3 is 2.67 bits per heavy atom. The summed E-state index contributed by atoms with van der Waals surface area (Å²) in [6.07, 6.45) is -3.47. The zero-order valence-corrected chi connectivity index (χ0v) is 22.7. The molecule has 0 saturated carbocycles. The van der Waals surface area contributed by atoms with E-state index in [1.165, 1.54) is 37.3 Å². The molecule has 6 rings (SSSR count). The number of amides is 1. The van der Waals surface area contributed by atoms with Gasteiger partial charge in [-0.1, -0.05) is 18.2 Å². The van der Waals surface area contributed by atoms with Crippen molar-refractivity contribution in [3.63, 3.8) is 0 Å². The molecular weight excluding hydrogens is 553 g/mol. The Bertz CT molecular complexity index is 1780. The predicted molar refractivity (Wildman–Crippen MR) is 147 cm³/mol. The molecule has 2 aromatic carbocycles. The number of rotatable bonds is 6. The van der Waals surface area contributed by atoms with E-state index in [0.29, 0.717) is 28.7 Å². The Morgan fingerprint density at radius 1 is 1.10 bits per heavy atom. The van der Waals surface area contributed by atoms with Gasteiger partial charge in [-0.05, 0) is 30.7 Å². The Balaban J connectivity index is 1.34. The summed E-state index contributed by atoms with van der Waals surface area (Å²) in [5.41, 5.74) is 2.21. The fraction of sp³-hybridized carbons (Fsp3) is 0.310. The third kappa shape index (κ3) is 5.00. The van der Waals surface area contributed by atoms with Crippen molar-refractivity contribution >= 4 is 27.8 Å². The number of halogens is 3. The molecule has 0 bridgehead atoms. The first-order valence-corrected chi connectivity index (χ1v) is 13.2. The average Bonchev–Trinajstić information content (AvgIpc) is 3.61. The van der Waals surface area contributed by atoms with Gasteiger partial charge in [-0.3, -0.25) is 4.79 Å². The van der Waals surface area contributed by atoms with E-state index in [4.69, 9.17) is 9.47 Å². The molecule has 1 saturated heterocycles. The van der Waals surface area contributed by atoms with Crippen LogP contribution in [0.2, 0.25) is 0 Å². The second-order valence-electron chi connectivity index (χ2n) is 10.1. The van der Waals surface area contributed by atoms with Crippen molar-refractivity contribution in [3.8, 4) is 22.9 Å². The molecule has 1 fully saturated rings. The normalized spacial score (nSPS) is 17.6. The number of benzene rings is 2. The van der Waals surface area contributed by atoms with Crippen molar-refractivity contribution in [2.24, 2.45) is 0 Å². The molecule has 1 aliphatic heterocycles. The van der Waals surface area contributed by atoms with E-state index in [1.54, 1.807) is 6.20 Å². The molecule has 1 unspecified atom stereocenters. The number of likely N-dealkylation sites (tertiary alicyclic amines) is 1. The largest absolute Gasteiger partial charge is 0.497 e. The Morgan fingerprint density at radius 2 is 1.90 bits per heavy atom. The number of aromatic nitrogens is 5. The van der Waals surface area contributed by atoms with Crippen LogP contribution in [0, 0.1) is 0 Å². The minimum atomic E-state index is -4.78. The number of aliphatic hydroxyl groups excluding tert-OH is 1. The van der Waals surface area contributed by atoms with Crippen LogP contribution < -0.4 is 9.47 Å². The lowest BCUT2D eigenvalue weighted by molar-refractivity contribution is -0.148. The van der Waals surface area contributed by atoms with Crippen molar-refractivity contribution in [3.05, 3.63) is 66.4 Å². The van der Waals surface area contributed by atoms with Crippen LogP contribution in [0.15, 0.2) is 54.7 Å². The number of nitrogens with zero attached hydrogens (tertiary/aromatic N) is 5. The lowest BCUT2D eigenvalue weighted by atomic mass is 9.98. The minimum absolute atomic E-state index is 0.0927. The fourth-order valence-corrected chi connectivity index (χ4v) is 5.43. The molecule has 3 aromatic heterocycles. The van der Waals surface area contributed by atoms with Crippen LogP contribution in [-0.4, -0.2) is 67.3 Å². The minimum Gasteiger partial charge on any atom is -0.497 e. The highest BCUT2D eigenvalue weighted by atomic mass is 19.4. The summed E-state index contributed by atoms with van der Waals surface area (Å²) in [5, 5.41) is 11.4. The number of carbonyl (C=O) groups excluding carboxylic acids is 1. The third-order valence-corrected chi connectivity index (χ3v) is 7.48. The maximum atomic E-state index is 14.0. The van der Waals surface area contributed by atoms with E-state index in [2.05, 4.69) is 19.9 Å². The molecule has 0 spiro atoms. The summed E-state index contributed by atoms with van der Waals surface area (Å²) in [5.74, 6) is -0.639. The number of alkyl halides is 3. The molecule has 0 aliphatic carbocycles. The van der Waals surface area contributed by atoms with E-state index < -0.39 is 36.6 Å².